The van der Waals surface area contributed by atoms with Gasteiger partial charge in [0, 0.05) is 18.2 Å². The van der Waals surface area contributed by atoms with Gasteiger partial charge in [-0.2, -0.15) is 5.10 Å². The monoisotopic (exact) mass is 233 g/mol. The molecule has 0 saturated carbocycles. The predicted octanol–water partition coefficient (Wildman–Crippen LogP) is 3.08. The van der Waals surface area contributed by atoms with Gasteiger partial charge in [-0.3, -0.25) is 0 Å². The maximum atomic E-state index is 5.95. The molecule has 0 amide bonds. The Morgan fingerprint density at radius 1 is 1.47 bits per heavy atom. The summed E-state index contributed by atoms with van der Waals surface area (Å²) in [6.07, 6.45) is 2.75. The molecule has 0 spiro atoms. The third-order valence-electron chi connectivity index (χ3n) is 2.86. The Hall–Kier alpha value is -1.71. The van der Waals surface area contributed by atoms with E-state index in [0.29, 0.717) is 11.7 Å². The molecule has 0 fully saturated rings. The van der Waals surface area contributed by atoms with Crippen LogP contribution in [0.4, 0.5) is 5.82 Å². The maximum Gasteiger partial charge on any atom is 0.122 e. The van der Waals surface area contributed by atoms with Crippen LogP contribution in [0.5, 0.6) is 0 Å². The molecule has 4 nitrogen and oxygen atoms in total. The molecule has 0 radical (unpaired) electrons. The molecule has 17 heavy (non-hydrogen) atoms. The van der Waals surface area contributed by atoms with E-state index in [4.69, 9.17) is 10.2 Å². The third kappa shape index (κ3) is 2.52. The lowest BCUT2D eigenvalue weighted by Gasteiger charge is -2.05. The maximum absolute atomic E-state index is 5.95. The lowest BCUT2D eigenvalue weighted by Crippen LogP contribution is -2.06. The number of nitrogen functional groups attached to an aromatic ring is 1. The molecule has 0 bridgehead atoms. The molecule has 0 aliphatic rings. The molecule has 2 aromatic rings. The number of rotatable bonds is 4. The predicted molar refractivity (Wildman–Crippen MR) is 68.5 cm³/mol. The van der Waals surface area contributed by atoms with Gasteiger partial charge in [0.2, 0.25) is 0 Å². The highest BCUT2D eigenvalue weighted by Gasteiger charge is 2.11. The smallest absolute Gasteiger partial charge is 0.122 e. The third-order valence-corrected chi connectivity index (χ3v) is 2.86. The van der Waals surface area contributed by atoms with Gasteiger partial charge in [-0.05, 0) is 25.3 Å². The van der Waals surface area contributed by atoms with Gasteiger partial charge in [-0.25, -0.2) is 4.68 Å². The second-order valence-electron chi connectivity index (χ2n) is 4.75. The van der Waals surface area contributed by atoms with Crippen LogP contribution >= 0.6 is 0 Å². The molecule has 0 aromatic carbocycles. The van der Waals surface area contributed by atoms with Gasteiger partial charge in [0.1, 0.15) is 11.6 Å². The van der Waals surface area contributed by atoms with Crippen molar-refractivity contribution in [2.45, 2.75) is 33.7 Å². The first kappa shape index (κ1) is 11.8. The van der Waals surface area contributed by atoms with Crippen molar-refractivity contribution in [3.63, 3.8) is 0 Å². The van der Waals surface area contributed by atoms with Gasteiger partial charge in [-0.1, -0.05) is 13.8 Å². The molecule has 0 aliphatic heterocycles. The average molecular weight is 233 g/mol. The van der Waals surface area contributed by atoms with Crippen molar-refractivity contribution >= 4 is 5.82 Å². The fraction of sp³-hybridized carbons (Fsp3) is 0.462. The van der Waals surface area contributed by atoms with Crippen LogP contribution in [0.25, 0.3) is 11.3 Å². The molecule has 0 saturated heterocycles. The number of aromatic nitrogens is 2. The van der Waals surface area contributed by atoms with E-state index in [1.807, 2.05) is 23.7 Å². The highest BCUT2D eigenvalue weighted by Crippen LogP contribution is 2.24. The van der Waals surface area contributed by atoms with Crippen LogP contribution in [0.1, 0.15) is 26.0 Å². The Bertz CT molecular complexity index is 496. The standard InChI is InChI=1S/C13H19N3O/c1-9(2)4-6-16-13(14)8-12(15-16)11-5-7-17-10(11)3/h5,7-9H,4,6,14H2,1-3H3. The van der Waals surface area contributed by atoms with Crippen molar-refractivity contribution in [2.75, 3.05) is 5.73 Å². The zero-order valence-corrected chi connectivity index (χ0v) is 10.6. The van der Waals surface area contributed by atoms with Crippen LogP contribution in [-0.2, 0) is 6.54 Å². The van der Waals surface area contributed by atoms with Crippen molar-refractivity contribution in [3.8, 4) is 11.3 Å². The van der Waals surface area contributed by atoms with Crippen molar-refractivity contribution in [1.82, 2.24) is 9.78 Å². The first-order valence-corrected chi connectivity index (χ1v) is 5.95. The zero-order valence-electron chi connectivity index (χ0n) is 10.6. The Balaban J connectivity index is 2.22. The molecule has 2 heterocycles. The normalized spacial score (nSPS) is 11.3. The molecule has 2 aromatic heterocycles. The van der Waals surface area contributed by atoms with Crippen molar-refractivity contribution in [2.24, 2.45) is 5.92 Å². The summed E-state index contributed by atoms with van der Waals surface area (Å²) in [6, 6.07) is 3.82. The van der Waals surface area contributed by atoms with Crippen molar-refractivity contribution < 1.29 is 4.42 Å². The van der Waals surface area contributed by atoms with Crippen molar-refractivity contribution in [1.29, 1.82) is 0 Å². The molecular weight excluding hydrogens is 214 g/mol. The molecule has 92 valence electrons. The largest absolute Gasteiger partial charge is 0.469 e. The molecule has 2 N–H and O–H groups in total. The Morgan fingerprint density at radius 3 is 2.82 bits per heavy atom. The van der Waals surface area contributed by atoms with Crippen LogP contribution in [0.3, 0.4) is 0 Å². The van der Waals surface area contributed by atoms with Crippen molar-refractivity contribution in [3.05, 3.63) is 24.2 Å². The van der Waals surface area contributed by atoms with E-state index in [2.05, 4.69) is 18.9 Å². The lowest BCUT2D eigenvalue weighted by atomic mass is 10.1. The Labute approximate surface area is 101 Å². The minimum absolute atomic E-state index is 0.651. The van der Waals surface area contributed by atoms with E-state index in [9.17, 15) is 0 Å². The van der Waals surface area contributed by atoms with Crippen LogP contribution in [0, 0.1) is 12.8 Å². The quantitative estimate of drug-likeness (QED) is 0.882. The summed E-state index contributed by atoms with van der Waals surface area (Å²) in [7, 11) is 0. The summed E-state index contributed by atoms with van der Waals surface area (Å²) in [5.74, 6) is 2.23. The highest BCUT2D eigenvalue weighted by molar-refractivity contribution is 5.63. The van der Waals surface area contributed by atoms with E-state index in [1.54, 1.807) is 6.26 Å². The summed E-state index contributed by atoms with van der Waals surface area (Å²) in [5, 5.41) is 4.52. The summed E-state index contributed by atoms with van der Waals surface area (Å²) >= 11 is 0. The van der Waals surface area contributed by atoms with Gasteiger partial charge in [-0.15, -0.1) is 0 Å². The fourth-order valence-electron chi connectivity index (χ4n) is 1.77. The van der Waals surface area contributed by atoms with Gasteiger partial charge in [0.15, 0.2) is 0 Å². The number of nitrogens with two attached hydrogens (primary N) is 1. The molecular formula is C13H19N3O. The molecule has 0 atom stereocenters. The first-order valence-electron chi connectivity index (χ1n) is 5.95. The fourth-order valence-corrected chi connectivity index (χ4v) is 1.77. The second kappa shape index (κ2) is 4.65. The number of furan rings is 1. The number of nitrogens with zero attached hydrogens (tertiary/aromatic N) is 2. The highest BCUT2D eigenvalue weighted by atomic mass is 16.3. The number of anilines is 1. The molecule has 4 heteroatoms. The first-order chi connectivity index (χ1) is 8.08. The summed E-state index contributed by atoms with van der Waals surface area (Å²) in [6.45, 7) is 7.18. The van der Waals surface area contributed by atoms with Gasteiger partial charge < -0.3 is 10.2 Å². The van der Waals surface area contributed by atoms with Gasteiger partial charge in [0.25, 0.3) is 0 Å². The summed E-state index contributed by atoms with van der Waals surface area (Å²) in [5.41, 5.74) is 7.85. The average Bonchev–Trinajstić information content (AvgIpc) is 2.82. The topological polar surface area (TPSA) is 57.0 Å². The zero-order chi connectivity index (χ0) is 12.4. The van der Waals surface area contributed by atoms with E-state index in [1.165, 1.54) is 0 Å². The van der Waals surface area contributed by atoms with Gasteiger partial charge in [0.05, 0.1) is 12.0 Å². The van der Waals surface area contributed by atoms with E-state index < -0.39 is 0 Å². The Morgan fingerprint density at radius 2 is 2.24 bits per heavy atom. The SMILES string of the molecule is Cc1occc1-c1cc(N)n(CCC(C)C)n1. The summed E-state index contributed by atoms with van der Waals surface area (Å²) < 4.78 is 7.14. The van der Waals surface area contributed by atoms with Crippen LogP contribution in [-0.4, -0.2) is 9.78 Å². The number of hydrogen-bond acceptors (Lipinski definition) is 3. The molecule has 0 unspecified atom stereocenters. The van der Waals surface area contributed by atoms with E-state index >= 15 is 0 Å². The molecule has 0 aliphatic carbocycles. The van der Waals surface area contributed by atoms with Crippen LogP contribution < -0.4 is 5.73 Å². The minimum Gasteiger partial charge on any atom is -0.469 e. The summed E-state index contributed by atoms with van der Waals surface area (Å²) in [4.78, 5) is 0. The Kier molecular flexibility index (Phi) is 3.22. The lowest BCUT2D eigenvalue weighted by molar-refractivity contribution is 0.492. The second-order valence-corrected chi connectivity index (χ2v) is 4.75. The van der Waals surface area contributed by atoms with Crippen LogP contribution in [0.15, 0.2) is 22.8 Å². The van der Waals surface area contributed by atoms with E-state index in [-0.39, 0.29) is 0 Å². The van der Waals surface area contributed by atoms with E-state index in [0.717, 1.165) is 30.0 Å². The number of aryl methyl sites for hydroxylation is 2. The number of hydrogen-bond donors (Lipinski definition) is 1. The minimum atomic E-state index is 0.651. The van der Waals surface area contributed by atoms with Gasteiger partial charge >= 0.3 is 0 Å². The molecule has 2 rings (SSSR count). The van der Waals surface area contributed by atoms with Crippen LogP contribution in [0.2, 0.25) is 0 Å².